The van der Waals surface area contributed by atoms with Crippen LogP contribution in [0.25, 0.3) is 11.8 Å². The lowest BCUT2D eigenvalue weighted by Gasteiger charge is -2.07. The van der Waals surface area contributed by atoms with E-state index in [4.69, 9.17) is 0 Å². The third-order valence-corrected chi connectivity index (χ3v) is 4.11. The van der Waals surface area contributed by atoms with Crippen molar-refractivity contribution in [2.24, 2.45) is 0 Å². The lowest BCUT2D eigenvalue weighted by molar-refractivity contribution is -0.121. The van der Waals surface area contributed by atoms with Crippen LogP contribution in [0.4, 0.5) is 9.18 Å². The summed E-state index contributed by atoms with van der Waals surface area (Å²) in [6.45, 7) is 0. The fourth-order valence-electron chi connectivity index (χ4n) is 2.03. The quantitative estimate of drug-likeness (QED) is 0.800. The van der Waals surface area contributed by atoms with Crippen LogP contribution in [0.2, 0.25) is 0 Å². The van der Waals surface area contributed by atoms with E-state index in [9.17, 15) is 14.0 Å². The molecule has 0 atom stereocenters. The van der Waals surface area contributed by atoms with Crippen LogP contribution in [0, 0.1) is 5.82 Å². The van der Waals surface area contributed by atoms with E-state index in [0.717, 1.165) is 28.0 Å². The van der Waals surface area contributed by atoms with Crippen molar-refractivity contribution in [1.82, 2.24) is 9.47 Å². The molecule has 1 aliphatic heterocycles. The zero-order chi connectivity index (χ0) is 15.0. The Balaban J connectivity index is 1.99. The van der Waals surface area contributed by atoms with Crippen molar-refractivity contribution >= 4 is 29.0 Å². The number of carbonyl (C=O) groups is 2. The number of hydrogen-bond acceptors (Lipinski definition) is 3. The van der Waals surface area contributed by atoms with Crippen LogP contribution in [0.1, 0.15) is 5.69 Å². The molecule has 0 N–H and O–H groups in total. The molecule has 1 aromatic heterocycles. The van der Waals surface area contributed by atoms with Crippen molar-refractivity contribution < 1.29 is 14.0 Å². The SMILES string of the molecule is CN1C(=O)S/C(=C\c2cccn2-c2ccc(F)cc2)C1=O. The summed E-state index contributed by atoms with van der Waals surface area (Å²) in [6, 6.07) is 9.70. The summed E-state index contributed by atoms with van der Waals surface area (Å²) >= 11 is 0.912. The minimum absolute atomic E-state index is 0.286. The van der Waals surface area contributed by atoms with Crippen LogP contribution in [0.5, 0.6) is 0 Å². The van der Waals surface area contributed by atoms with Crippen LogP contribution in [0.3, 0.4) is 0 Å². The zero-order valence-electron chi connectivity index (χ0n) is 11.1. The minimum atomic E-state index is -0.308. The fraction of sp³-hybridized carbons (Fsp3) is 0.0667. The molecule has 0 saturated carbocycles. The number of likely N-dealkylation sites (N-methyl/N-ethyl adjacent to an activating group) is 1. The fourth-order valence-corrected chi connectivity index (χ4v) is 2.84. The summed E-state index contributed by atoms with van der Waals surface area (Å²) in [5.41, 5.74) is 1.53. The molecule has 2 aromatic rings. The van der Waals surface area contributed by atoms with E-state index < -0.39 is 0 Å². The second-order valence-corrected chi connectivity index (χ2v) is 5.51. The highest BCUT2D eigenvalue weighted by molar-refractivity contribution is 8.18. The largest absolute Gasteiger partial charge is 0.317 e. The normalized spacial score (nSPS) is 17.0. The lowest BCUT2D eigenvalue weighted by Crippen LogP contribution is -2.22. The van der Waals surface area contributed by atoms with Crippen LogP contribution in [-0.4, -0.2) is 27.7 Å². The monoisotopic (exact) mass is 302 g/mol. The van der Waals surface area contributed by atoms with Gasteiger partial charge in [-0.2, -0.15) is 0 Å². The van der Waals surface area contributed by atoms with E-state index in [-0.39, 0.29) is 17.0 Å². The zero-order valence-corrected chi connectivity index (χ0v) is 11.9. The Morgan fingerprint density at radius 1 is 1.14 bits per heavy atom. The standard InChI is InChI=1S/C15H11FN2O2S/c1-17-14(19)13(21-15(17)20)9-12-3-2-8-18(12)11-6-4-10(16)5-7-11/h2-9H,1H3/b13-9-. The van der Waals surface area contributed by atoms with Crippen LogP contribution in [0.15, 0.2) is 47.5 Å². The smallest absolute Gasteiger partial charge is 0.293 e. The summed E-state index contributed by atoms with van der Waals surface area (Å²) in [7, 11) is 1.46. The average molecular weight is 302 g/mol. The Morgan fingerprint density at radius 3 is 2.48 bits per heavy atom. The predicted octanol–water partition coefficient (Wildman–Crippen LogP) is 3.28. The van der Waals surface area contributed by atoms with Crippen LogP contribution >= 0.6 is 11.8 Å². The number of thioether (sulfide) groups is 1. The first-order valence-corrected chi connectivity index (χ1v) is 7.03. The molecule has 1 aliphatic rings. The number of benzene rings is 1. The van der Waals surface area contributed by atoms with Crippen molar-refractivity contribution in [2.75, 3.05) is 7.05 Å². The average Bonchev–Trinajstić information content (AvgIpc) is 3.02. The van der Waals surface area contributed by atoms with Gasteiger partial charge < -0.3 is 4.57 Å². The number of nitrogens with zero attached hydrogens (tertiary/aromatic N) is 2. The Labute approximate surface area is 124 Å². The van der Waals surface area contributed by atoms with Gasteiger partial charge in [-0.05, 0) is 54.2 Å². The molecule has 0 spiro atoms. The van der Waals surface area contributed by atoms with Gasteiger partial charge in [0, 0.05) is 24.6 Å². The summed E-state index contributed by atoms with van der Waals surface area (Å²) < 4.78 is 14.8. The third kappa shape index (κ3) is 2.50. The van der Waals surface area contributed by atoms with E-state index in [1.54, 1.807) is 18.2 Å². The summed E-state index contributed by atoms with van der Waals surface area (Å²) in [5.74, 6) is -0.614. The topological polar surface area (TPSA) is 42.3 Å². The molecule has 0 radical (unpaired) electrons. The Hall–Kier alpha value is -2.34. The van der Waals surface area contributed by atoms with Gasteiger partial charge in [0.25, 0.3) is 11.1 Å². The molecule has 0 bridgehead atoms. The van der Waals surface area contributed by atoms with Gasteiger partial charge >= 0.3 is 0 Å². The van der Waals surface area contributed by atoms with Crippen molar-refractivity contribution in [3.05, 3.63) is 59.0 Å². The Kier molecular flexibility index (Phi) is 3.39. The molecular weight excluding hydrogens is 291 g/mol. The highest BCUT2D eigenvalue weighted by atomic mass is 32.2. The number of aromatic nitrogens is 1. The molecule has 1 fully saturated rings. The highest BCUT2D eigenvalue weighted by Gasteiger charge is 2.31. The van der Waals surface area contributed by atoms with Crippen molar-refractivity contribution in [1.29, 1.82) is 0 Å². The van der Waals surface area contributed by atoms with E-state index in [0.29, 0.717) is 4.91 Å². The van der Waals surface area contributed by atoms with Gasteiger partial charge in [0.2, 0.25) is 0 Å². The Morgan fingerprint density at radius 2 is 1.86 bits per heavy atom. The van der Waals surface area contributed by atoms with Gasteiger partial charge in [-0.3, -0.25) is 14.5 Å². The first-order chi connectivity index (χ1) is 10.1. The van der Waals surface area contributed by atoms with E-state index in [1.807, 2.05) is 22.9 Å². The number of rotatable bonds is 2. The molecule has 2 amide bonds. The molecule has 1 aromatic carbocycles. The second-order valence-electron chi connectivity index (χ2n) is 4.52. The number of carbonyl (C=O) groups excluding carboxylic acids is 2. The molecule has 6 heteroatoms. The van der Waals surface area contributed by atoms with Gasteiger partial charge in [-0.25, -0.2) is 4.39 Å². The summed E-state index contributed by atoms with van der Waals surface area (Å²) in [4.78, 5) is 24.9. The first-order valence-electron chi connectivity index (χ1n) is 6.21. The molecule has 0 unspecified atom stereocenters. The van der Waals surface area contributed by atoms with E-state index >= 15 is 0 Å². The van der Waals surface area contributed by atoms with Gasteiger partial charge in [-0.1, -0.05) is 0 Å². The van der Waals surface area contributed by atoms with E-state index in [1.165, 1.54) is 19.2 Å². The maximum atomic E-state index is 13.0. The van der Waals surface area contributed by atoms with E-state index in [2.05, 4.69) is 0 Å². The van der Waals surface area contributed by atoms with Crippen molar-refractivity contribution in [3.63, 3.8) is 0 Å². The molecule has 3 rings (SSSR count). The molecule has 1 saturated heterocycles. The third-order valence-electron chi connectivity index (χ3n) is 3.15. The molecule has 21 heavy (non-hydrogen) atoms. The number of hydrogen-bond donors (Lipinski definition) is 0. The van der Waals surface area contributed by atoms with Crippen molar-refractivity contribution in [2.45, 2.75) is 0 Å². The van der Waals surface area contributed by atoms with Gasteiger partial charge in [0.15, 0.2) is 0 Å². The maximum Gasteiger partial charge on any atom is 0.293 e. The van der Waals surface area contributed by atoms with Crippen LogP contribution < -0.4 is 0 Å². The predicted molar refractivity (Wildman–Crippen MR) is 79.5 cm³/mol. The van der Waals surface area contributed by atoms with Gasteiger partial charge in [0.1, 0.15) is 5.82 Å². The molecule has 2 heterocycles. The highest BCUT2D eigenvalue weighted by Crippen LogP contribution is 2.31. The summed E-state index contributed by atoms with van der Waals surface area (Å²) in [6.07, 6.45) is 3.48. The first kappa shape index (κ1) is 13.6. The number of halogens is 1. The Bertz CT molecular complexity index is 749. The molecule has 4 nitrogen and oxygen atoms in total. The summed E-state index contributed by atoms with van der Waals surface area (Å²) in [5, 5.41) is -0.286. The number of imide groups is 1. The van der Waals surface area contributed by atoms with Crippen molar-refractivity contribution in [3.8, 4) is 5.69 Å². The lowest BCUT2D eigenvalue weighted by atomic mass is 10.3. The van der Waals surface area contributed by atoms with Gasteiger partial charge in [-0.15, -0.1) is 0 Å². The molecule has 106 valence electrons. The second kappa shape index (κ2) is 5.21. The van der Waals surface area contributed by atoms with Gasteiger partial charge in [0.05, 0.1) is 4.91 Å². The number of amides is 2. The molecular formula is C15H11FN2O2S. The van der Waals surface area contributed by atoms with Crippen LogP contribution in [-0.2, 0) is 4.79 Å². The minimum Gasteiger partial charge on any atom is -0.317 e. The molecule has 0 aliphatic carbocycles. The maximum absolute atomic E-state index is 13.0.